The topological polar surface area (TPSA) is 38.7 Å². The van der Waals surface area contributed by atoms with Crippen LogP contribution in [0.2, 0.25) is 0 Å². The van der Waals surface area contributed by atoms with E-state index in [0.717, 1.165) is 11.5 Å². The molecule has 1 unspecified atom stereocenters. The molecule has 1 fully saturated rings. The second-order valence-corrected chi connectivity index (χ2v) is 6.93. The first kappa shape index (κ1) is 14.1. The van der Waals surface area contributed by atoms with Crippen LogP contribution in [-0.2, 0) is 9.53 Å². The fourth-order valence-electron chi connectivity index (χ4n) is 2.71. The largest absolute Gasteiger partial charge is 0.358 e. The van der Waals surface area contributed by atoms with Crippen molar-refractivity contribution in [2.24, 2.45) is 10.9 Å². The third kappa shape index (κ3) is 3.35. The predicted octanol–water partition coefficient (Wildman–Crippen LogP) is 3.77. The van der Waals surface area contributed by atoms with Crippen molar-refractivity contribution >= 4 is 22.7 Å². The minimum atomic E-state index is -0.767. The summed E-state index contributed by atoms with van der Waals surface area (Å²) in [4.78, 5) is 15.2. The van der Waals surface area contributed by atoms with E-state index in [9.17, 15) is 4.79 Å². The third-order valence-electron chi connectivity index (χ3n) is 4.00. The Morgan fingerprint density at radius 1 is 1.28 bits per heavy atom. The lowest BCUT2D eigenvalue weighted by molar-refractivity contribution is -0.128. The molecular weight excluding hydrogens is 246 g/mol. The first-order valence-electron chi connectivity index (χ1n) is 7.00. The molecule has 0 bridgehead atoms. The van der Waals surface area contributed by atoms with Gasteiger partial charge in [-0.1, -0.05) is 56.7 Å². The van der Waals surface area contributed by atoms with E-state index in [1.165, 1.54) is 56.7 Å². The molecule has 1 atom stereocenters. The molecule has 1 amide bonds. The molecule has 4 heteroatoms. The summed E-state index contributed by atoms with van der Waals surface area (Å²) >= 11 is 1.50. The molecule has 0 radical (unpaired) electrons. The Hall–Kier alpha value is -0.350. The Bertz CT molecular complexity index is 335. The average Bonchev–Trinajstić information content (AvgIpc) is 2.59. The first-order valence-corrected chi connectivity index (χ1v) is 7.82. The summed E-state index contributed by atoms with van der Waals surface area (Å²) in [6, 6.07) is 0. The summed E-state index contributed by atoms with van der Waals surface area (Å²) < 4.78 is 5.27. The molecule has 2 aliphatic rings. The van der Waals surface area contributed by atoms with Gasteiger partial charge in [-0.2, -0.15) is 0 Å². The van der Waals surface area contributed by atoms with Gasteiger partial charge in [0.25, 0.3) is 5.91 Å². The van der Waals surface area contributed by atoms with Gasteiger partial charge in [0, 0.05) is 7.11 Å². The SMILES string of the molecule is COC1(C)SC(CC2CCCCCCC2)=NC1=O. The summed E-state index contributed by atoms with van der Waals surface area (Å²) in [5, 5.41) is 0.981. The van der Waals surface area contributed by atoms with Gasteiger partial charge in [-0.15, -0.1) is 0 Å². The Balaban J connectivity index is 1.89. The Labute approximate surface area is 114 Å². The van der Waals surface area contributed by atoms with Crippen LogP contribution in [0.5, 0.6) is 0 Å². The Kier molecular flexibility index (Phi) is 4.84. The molecule has 0 spiro atoms. The molecule has 0 aromatic heterocycles. The Morgan fingerprint density at radius 3 is 2.44 bits per heavy atom. The average molecular weight is 269 g/mol. The minimum absolute atomic E-state index is 0.129. The van der Waals surface area contributed by atoms with Gasteiger partial charge in [0.2, 0.25) is 0 Å². The maximum absolute atomic E-state index is 11.8. The monoisotopic (exact) mass is 269 g/mol. The van der Waals surface area contributed by atoms with E-state index in [1.807, 2.05) is 6.92 Å². The Morgan fingerprint density at radius 2 is 1.89 bits per heavy atom. The lowest BCUT2D eigenvalue weighted by Crippen LogP contribution is -2.28. The highest BCUT2D eigenvalue weighted by atomic mass is 32.2. The second kappa shape index (κ2) is 6.20. The fraction of sp³-hybridized carbons (Fsp3) is 0.857. The van der Waals surface area contributed by atoms with E-state index >= 15 is 0 Å². The highest BCUT2D eigenvalue weighted by Gasteiger charge is 2.41. The zero-order valence-electron chi connectivity index (χ0n) is 11.4. The van der Waals surface area contributed by atoms with Gasteiger partial charge in [0.1, 0.15) is 0 Å². The van der Waals surface area contributed by atoms with E-state index in [1.54, 1.807) is 7.11 Å². The molecule has 1 aliphatic carbocycles. The van der Waals surface area contributed by atoms with E-state index in [2.05, 4.69) is 4.99 Å². The molecule has 0 saturated heterocycles. The molecule has 0 aromatic rings. The van der Waals surface area contributed by atoms with Crippen LogP contribution in [0.4, 0.5) is 0 Å². The zero-order chi connectivity index (χ0) is 13.0. The van der Waals surface area contributed by atoms with Crippen LogP contribution < -0.4 is 0 Å². The van der Waals surface area contributed by atoms with Gasteiger partial charge in [0.15, 0.2) is 4.93 Å². The van der Waals surface area contributed by atoms with Gasteiger partial charge in [-0.3, -0.25) is 4.79 Å². The lowest BCUT2D eigenvalue weighted by atomic mass is 9.89. The van der Waals surface area contributed by atoms with Crippen LogP contribution in [0, 0.1) is 5.92 Å². The number of hydrogen-bond acceptors (Lipinski definition) is 3. The molecular formula is C14H23NO2S. The predicted molar refractivity (Wildman–Crippen MR) is 75.9 cm³/mol. The van der Waals surface area contributed by atoms with Crippen LogP contribution in [0.25, 0.3) is 0 Å². The van der Waals surface area contributed by atoms with E-state index in [-0.39, 0.29) is 5.91 Å². The van der Waals surface area contributed by atoms with Crippen molar-refractivity contribution in [3.63, 3.8) is 0 Å². The van der Waals surface area contributed by atoms with Crippen LogP contribution in [0.15, 0.2) is 4.99 Å². The molecule has 18 heavy (non-hydrogen) atoms. The smallest absolute Gasteiger partial charge is 0.289 e. The summed E-state index contributed by atoms with van der Waals surface area (Å²) in [7, 11) is 1.58. The number of thioether (sulfide) groups is 1. The van der Waals surface area contributed by atoms with Crippen LogP contribution in [-0.4, -0.2) is 23.0 Å². The molecule has 1 aliphatic heterocycles. The number of carbonyl (C=O) groups excluding carboxylic acids is 1. The molecule has 3 nitrogen and oxygen atoms in total. The van der Waals surface area contributed by atoms with Crippen molar-refractivity contribution < 1.29 is 9.53 Å². The van der Waals surface area contributed by atoms with Crippen LogP contribution in [0.1, 0.15) is 58.3 Å². The van der Waals surface area contributed by atoms with Crippen molar-refractivity contribution in [2.75, 3.05) is 7.11 Å². The van der Waals surface area contributed by atoms with E-state index < -0.39 is 4.93 Å². The number of methoxy groups -OCH3 is 1. The van der Waals surface area contributed by atoms with Crippen molar-refractivity contribution in [3.05, 3.63) is 0 Å². The third-order valence-corrected chi connectivity index (χ3v) is 5.23. The normalized spacial score (nSPS) is 31.0. The second-order valence-electron chi connectivity index (χ2n) is 5.48. The van der Waals surface area contributed by atoms with Gasteiger partial charge in [-0.05, 0) is 19.3 Å². The van der Waals surface area contributed by atoms with E-state index in [0.29, 0.717) is 5.92 Å². The standard InChI is InChI=1S/C14H23NO2S/c1-14(17-2)13(16)15-12(18-14)10-11-8-6-4-3-5-7-9-11/h11H,3-10H2,1-2H3. The zero-order valence-corrected chi connectivity index (χ0v) is 12.2. The summed E-state index contributed by atoms with van der Waals surface area (Å²) in [6.07, 6.45) is 10.3. The van der Waals surface area contributed by atoms with Gasteiger partial charge < -0.3 is 4.74 Å². The van der Waals surface area contributed by atoms with Crippen molar-refractivity contribution in [3.8, 4) is 0 Å². The quantitative estimate of drug-likeness (QED) is 0.782. The van der Waals surface area contributed by atoms with Crippen molar-refractivity contribution in [1.29, 1.82) is 0 Å². The number of nitrogens with zero attached hydrogens (tertiary/aromatic N) is 1. The fourth-order valence-corrected chi connectivity index (χ4v) is 3.83. The summed E-state index contributed by atoms with van der Waals surface area (Å²) in [5.74, 6) is 0.583. The molecule has 1 saturated carbocycles. The van der Waals surface area contributed by atoms with Crippen molar-refractivity contribution in [1.82, 2.24) is 0 Å². The summed E-state index contributed by atoms with van der Waals surface area (Å²) in [6.45, 7) is 1.81. The number of ether oxygens (including phenoxy) is 1. The molecule has 2 rings (SSSR count). The molecule has 0 N–H and O–H groups in total. The van der Waals surface area contributed by atoms with Crippen LogP contribution in [0.3, 0.4) is 0 Å². The minimum Gasteiger partial charge on any atom is -0.358 e. The molecule has 1 heterocycles. The number of rotatable bonds is 3. The van der Waals surface area contributed by atoms with Gasteiger partial charge in [0.05, 0.1) is 5.04 Å². The number of hydrogen-bond donors (Lipinski definition) is 0. The first-order chi connectivity index (χ1) is 8.64. The van der Waals surface area contributed by atoms with Crippen LogP contribution >= 0.6 is 11.8 Å². The highest BCUT2D eigenvalue weighted by molar-refractivity contribution is 8.16. The number of carbonyl (C=O) groups is 1. The van der Waals surface area contributed by atoms with E-state index in [4.69, 9.17) is 4.74 Å². The lowest BCUT2D eigenvalue weighted by Gasteiger charge is -2.21. The maximum Gasteiger partial charge on any atom is 0.289 e. The number of amides is 1. The van der Waals surface area contributed by atoms with Crippen molar-refractivity contribution in [2.45, 2.75) is 63.2 Å². The molecule has 102 valence electrons. The van der Waals surface area contributed by atoms with Gasteiger partial charge >= 0.3 is 0 Å². The van der Waals surface area contributed by atoms with Gasteiger partial charge in [-0.25, -0.2) is 4.99 Å². The summed E-state index contributed by atoms with van der Waals surface area (Å²) in [5.41, 5.74) is 0. The highest BCUT2D eigenvalue weighted by Crippen LogP contribution is 2.38. The number of aliphatic imine (C=N–C) groups is 1. The molecule has 0 aromatic carbocycles. The maximum atomic E-state index is 11.8.